The lowest BCUT2D eigenvalue weighted by atomic mass is 10.1. The Bertz CT molecular complexity index is 693. The second kappa shape index (κ2) is 5.00. The Hall–Kier alpha value is -2.90. The molecule has 20 heavy (non-hydrogen) atoms. The van der Waals surface area contributed by atoms with Gasteiger partial charge in [-0.05, 0) is 12.1 Å². The van der Waals surface area contributed by atoms with Crippen LogP contribution in [0, 0.1) is 5.82 Å². The van der Waals surface area contributed by atoms with Crippen molar-refractivity contribution in [1.82, 2.24) is 5.16 Å². The molecule has 2 N–H and O–H groups in total. The highest BCUT2D eigenvalue weighted by molar-refractivity contribution is 5.93. The molecule has 0 aliphatic carbocycles. The van der Waals surface area contributed by atoms with Crippen molar-refractivity contribution in [3.05, 3.63) is 35.3 Å². The van der Waals surface area contributed by atoms with Crippen LogP contribution in [0.1, 0.15) is 20.8 Å². The molecule has 2 aromatic rings. The molecule has 1 aromatic carbocycles. The Morgan fingerprint density at radius 2 is 1.95 bits per heavy atom. The molecule has 0 saturated heterocycles. The maximum absolute atomic E-state index is 13.8. The number of halogens is 1. The van der Waals surface area contributed by atoms with Crippen LogP contribution in [0.25, 0.3) is 11.3 Å². The molecule has 2 rings (SSSR count). The number of ether oxygens (including phenoxy) is 1. The second-order valence-corrected chi connectivity index (χ2v) is 3.73. The van der Waals surface area contributed by atoms with Crippen molar-refractivity contribution in [2.24, 2.45) is 0 Å². The van der Waals surface area contributed by atoms with Gasteiger partial charge in [-0.15, -0.1) is 0 Å². The SMILES string of the molecule is COc1c(F)cc(-c2cc(C(=O)O)no2)cc1C(=O)O. The minimum Gasteiger partial charge on any atom is -0.493 e. The van der Waals surface area contributed by atoms with E-state index in [1.165, 1.54) is 0 Å². The first-order chi connectivity index (χ1) is 9.43. The van der Waals surface area contributed by atoms with Crippen molar-refractivity contribution < 1.29 is 33.5 Å². The highest BCUT2D eigenvalue weighted by Crippen LogP contribution is 2.30. The lowest BCUT2D eigenvalue weighted by molar-refractivity contribution is 0.0678. The lowest BCUT2D eigenvalue weighted by Gasteiger charge is -2.07. The van der Waals surface area contributed by atoms with E-state index < -0.39 is 29.1 Å². The molecule has 0 spiro atoms. The van der Waals surface area contributed by atoms with Gasteiger partial charge in [-0.1, -0.05) is 5.16 Å². The fourth-order valence-electron chi connectivity index (χ4n) is 1.61. The number of hydrogen-bond acceptors (Lipinski definition) is 5. The molecule has 0 bridgehead atoms. The molecular weight excluding hydrogens is 273 g/mol. The van der Waals surface area contributed by atoms with Crippen molar-refractivity contribution in [2.45, 2.75) is 0 Å². The van der Waals surface area contributed by atoms with Crippen molar-refractivity contribution in [2.75, 3.05) is 7.11 Å². The molecule has 1 aromatic heterocycles. The third kappa shape index (κ3) is 2.30. The Balaban J connectivity index is 2.57. The van der Waals surface area contributed by atoms with E-state index in [0.717, 1.165) is 25.3 Å². The van der Waals surface area contributed by atoms with Gasteiger partial charge >= 0.3 is 11.9 Å². The Morgan fingerprint density at radius 3 is 2.45 bits per heavy atom. The number of carbonyl (C=O) groups is 2. The number of hydrogen-bond donors (Lipinski definition) is 2. The summed E-state index contributed by atoms with van der Waals surface area (Å²) >= 11 is 0. The first-order valence-corrected chi connectivity index (χ1v) is 5.25. The topological polar surface area (TPSA) is 110 Å². The van der Waals surface area contributed by atoms with Crippen LogP contribution >= 0.6 is 0 Å². The predicted molar refractivity (Wildman–Crippen MR) is 62.4 cm³/mol. The van der Waals surface area contributed by atoms with Crippen LogP contribution in [-0.4, -0.2) is 34.4 Å². The van der Waals surface area contributed by atoms with Gasteiger partial charge in [0.25, 0.3) is 0 Å². The highest BCUT2D eigenvalue weighted by Gasteiger charge is 2.20. The van der Waals surface area contributed by atoms with Gasteiger partial charge in [-0.2, -0.15) is 0 Å². The van der Waals surface area contributed by atoms with E-state index in [1.807, 2.05) is 0 Å². The van der Waals surface area contributed by atoms with Crippen LogP contribution in [0.15, 0.2) is 22.7 Å². The van der Waals surface area contributed by atoms with Crippen LogP contribution in [0.5, 0.6) is 5.75 Å². The van der Waals surface area contributed by atoms with Crippen molar-refractivity contribution in [1.29, 1.82) is 0 Å². The summed E-state index contributed by atoms with van der Waals surface area (Å²) < 4.78 is 23.2. The molecule has 7 nitrogen and oxygen atoms in total. The van der Waals surface area contributed by atoms with E-state index in [2.05, 4.69) is 9.89 Å². The number of carboxylic acid groups (broad SMARTS) is 2. The summed E-state index contributed by atoms with van der Waals surface area (Å²) in [6.07, 6.45) is 0. The van der Waals surface area contributed by atoms with Gasteiger partial charge in [0.15, 0.2) is 23.0 Å². The molecule has 0 atom stereocenters. The normalized spacial score (nSPS) is 10.3. The van der Waals surface area contributed by atoms with Crippen LogP contribution < -0.4 is 4.74 Å². The summed E-state index contributed by atoms with van der Waals surface area (Å²) in [5.74, 6) is -4.09. The second-order valence-electron chi connectivity index (χ2n) is 3.73. The minimum atomic E-state index is -1.39. The standard InChI is InChI=1S/C12H8FNO6/c1-19-10-6(11(15)16)2-5(3-7(10)13)9-4-8(12(17)18)14-20-9/h2-4H,1H3,(H,15,16)(H,17,18). The Kier molecular flexibility index (Phi) is 3.38. The van der Waals surface area contributed by atoms with Gasteiger partial charge in [-0.3, -0.25) is 0 Å². The van der Waals surface area contributed by atoms with Gasteiger partial charge in [0.2, 0.25) is 0 Å². The lowest BCUT2D eigenvalue weighted by Crippen LogP contribution is -2.03. The van der Waals surface area contributed by atoms with Crippen molar-refractivity contribution >= 4 is 11.9 Å². The van der Waals surface area contributed by atoms with Crippen LogP contribution in [0.3, 0.4) is 0 Å². The molecule has 0 aliphatic heterocycles. The fraction of sp³-hybridized carbons (Fsp3) is 0.0833. The number of carboxylic acids is 2. The molecule has 0 amide bonds. The summed E-state index contributed by atoms with van der Waals surface area (Å²) in [6.45, 7) is 0. The zero-order valence-corrected chi connectivity index (χ0v) is 10.1. The van der Waals surface area contributed by atoms with Crippen LogP contribution in [0.4, 0.5) is 4.39 Å². The quantitative estimate of drug-likeness (QED) is 0.880. The van der Waals surface area contributed by atoms with E-state index in [1.54, 1.807) is 0 Å². The zero-order chi connectivity index (χ0) is 14.9. The molecule has 104 valence electrons. The van der Waals surface area contributed by atoms with E-state index >= 15 is 0 Å². The minimum absolute atomic E-state index is 0.0423. The number of methoxy groups -OCH3 is 1. The summed E-state index contributed by atoms with van der Waals surface area (Å²) in [7, 11) is 1.14. The third-order valence-electron chi connectivity index (χ3n) is 2.49. The van der Waals surface area contributed by atoms with Gasteiger partial charge in [0, 0.05) is 11.6 Å². The summed E-state index contributed by atoms with van der Waals surface area (Å²) in [5, 5.41) is 21.0. The maximum Gasteiger partial charge on any atom is 0.358 e. The van der Waals surface area contributed by atoms with Gasteiger partial charge in [-0.25, -0.2) is 14.0 Å². The number of benzene rings is 1. The highest BCUT2D eigenvalue weighted by atomic mass is 19.1. The Morgan fingerprint density at radius 1 is 1.25 bits per heavy atom. The largest absolute Gasteiger partial charge is 0.493 e. The molecule has 0 saturated carbocycles. The average Bonchev–Trinajstić information content (AvgIpc) is 2.87. The summed E-state index contributed by atoms with van der Waals surface area (Å²) in [6, 6.07) is 3.14. The smallest absolute Gasteiger partial charge is 0.358 e. The van der Waals surface area contributed by atoms with Gasteiger partial charge < -0.3 is 19.5 Å². The first kappa shape index (κ1) is 13.5. The molecule has 0 radical (unpaired) electrons. The zero-order valence-electron chi connectivity index (χ0n) is 10.1. The number of aromatic nitrogens is 1. The molecule has 0 fully saturated rings. The molecule has 1 heterocycles. The number of nitrogens with zero attached hydrogens (tertiary/aromatic N) is 1. The van der Waals surface area contributed by atoms with E-state index in [9.17, 15) is 14.0 Å². The van der Waals surface area contributed by atoms with E-state index in [0.29, 0.717) is 0 Å². The summed E-state index contributed by atoms with van der Waals surface area (Å²) in [4.78, 5) is 21.7. The van der Waals surface area contributed by atoms with Crippen molar-refractivity contribution in [3.8, 4) is 17.1 Å². The van der Waals surface area contributed by atoms with Gasteiger partial charge in [0.05, 0.1) is 7.11 Å². The van der Waals surface area contributed by atoms with E-state index in [4.69, 9.17) is 14.7 Å². The first-order valence-electron chi connectivity index (χ1n) is 5.25. The summed E-state index contributed by atoms with van der Waals surface area (Å²) in [5.41, 5.74) is -0.732. The Labute approximate surface area is 111 Å². The van der Waals surface area contributed by atoms with Crippen LogP contribution in [-0.2, 0) is 0 Å². The predicted octanol–water partition coefficient (Wildman–Crippen LogP) is 1.89. The number of rotatable bonds is 4. The monoisotopic (exact) mass is 281 g/mol. The van der Waals surface area contributed by atoms with Crippen LogP contribution in [0.2, 0.25) is 0 Å². The molecule has 0 aliphatic rings. The number of aromatic carboxylic acids is 2. The van der Waals surface area contributed by atoms with E-state index in [-0.39, 0.29) is 17.0 Å². The third-order valence-corrected chi connectivity index (χ3v) is 2.49. The fourth-order valence-corrected chi connectivity index (χ4v) is 1.61. The average molecular weight is 281 g/mol. The van der Waals surface area contributed by atoms with Gasteiger partial charge in [0.1, 0.15) is 5.56 Å². The molecular formula is C12H8FNO6. The van der Waals surface area contributed by atoms with Crippen molar-refractivity contribution in [3.63, 3.8) is 0 Å². The molecule has 0 unspecified atom stereocenters. The maximum atomic E-state index is 13.8. The molecule has 8 heteroatoms.